The molecule has 0 amide bonds. The number of carbonyl (C=O) groups is 1. The minimum Gasteiger partial charge on any atom is -0.480 e. The molecule has 1 atom stereocenters. The van der Waals surface area contributed by atoms with Crippen molar-refractivity contribution < 1.29 is 23.1 Å². The van der Waals surface area contributed by atoms with E-state index >= 15 is 0 Å². The van der Waals surface area contributed by atoms with Gasteiger partial charge in [0.2, 0.25) is 11.0 Å². The number of carboxylic acids is 1. The Kier molecular flexibility index (Phi) is 3.42. The largest absolute Gasteiger partial charge is 0.480 e. The van der Waals surface area contributed by atoms with Crippen LogP contribution in [0, 0.1) is 0 Å². The maximum absolute atomic E-state index is 12.4. The average Bonchev–Trinajstić information content (AvgIpc) is 2.77. The third kappa shape index (κ3) is 2.55. The molecule has 1 unspecified atom stereocenters. The highest BCUT2D eigenvalue weighted by Crippen LogP contribution is 2.32. The van der Waals surface area contributed by atoms with Gasteiger partial charge in [-0.2, -0.15) is 22.5 Å². The van der Waals surface area contributed by atoms with Gasteiger partial charge < -0.3 is 10.0 Å². The third-order valence-electron chi connectivity index (χ3n) is 2.70. The number of aliphatic carboxylic acids is 1. The maximum atomic E-state index is 12.4. The second-order valence-corrected chi connectivity index (χ2v) is 4.67. The number of carboxylic acid groups (broad SMARTS) is 1. The fourth-order valence-corrected chi connectivity index (χ4v) is 2.63. The van der Waals surface area contributed by atoms with Crippen LogP contribution in [0.2, 0.25) is 0 Å². The molecule has 1 aliphatic rings. The van der Waals surface area contributed by atoms with Gasteiger partial charge in [-0.05, 0) is 19.3 Å². The Balaban J connectivity index is 2.24. The number of nitrogens with zero attached hydrogens (tertiary/aromatic N) is 3. The number of anilines is 1. The Morgan fingerprint density at radius 3 is 2.72 bits per heavy atom. The number of piperidine rings is 1. The van der Waals surface area contributed by atoms with Gasteiger partial charge in [-0.15, -0.1) is 0 Å². The van der Waals surface area contributed by atoms with Gasteiger partial charge in [0.15, 0.2) is 0 Å². The molecule has 5 nitrogen and oxygen atoms in total. The first-order chi connectivity index (χ1) is 8.39. The fraction of sp³-hybridized carbons (Fsp3) is 0.667. The van der Waals surface area contributed by atoms with E-state index in [2.05, 4.69) is 9.36 Å². The van der Waals surface area contributed by atoms with Crippen molar-refractivity contribution in [2.75, 3.05) is 11.4 Å². The average molecular weight is 281 g/mol. The lowest BCUT2D eigenvalue weighted by atomic mass is 10.0. The van der Waals surface area contributed by atoms with Gasteiger partial charge >= 0.3 is 12.1 Å². The van der Waals surface area contributed by atoms with Crippen LogP contribution in [0.1, 0.15) is 25.1 Å². The minimum absolute atomic E-state index is 0.0226. The van der Waals surface area contributed by atoms with Crippen molar-refractivity contribution in [3.8, 4) is 0 Å². The molecule has 2 heterocycles. The van der Waals surface area contributed by atoms with E-state index in [4.69, 9.17) is 5.11 Å². The van der Waals surface area contributed by atoms with Crippen LogP contribution in [0.3, 0.4) is 0 Å². The molecule has 9 heteroatoms. The molecular weight excluding hydrogens is 271 g/mol. The quantitative estimate of drug-likeness (QED) is 0.898. The molecule has 1 N–H and O–H groups in total. The summed E-state index contributed by atoms with van der Waals surface area (Å²) in [6.45, 7) is 0.392. The van der Waals surface area contributed by atoms with Crippen molar-refractivity contribution in [3.63, 3.8) is 0 Å². The lowest BCUT2D eigenvalue weighted by Crippen LogP contribution is -2.44. The van der Waals surface area contributed by atoms with Crippen LogP contribution in [0.25, 0.3) is 0 Å². The highest BCUT2D eigenvalue weighted by atomic mass is 32.1. The first-order valence-corrected chi connectivity index (χ1v) is 6.07. The third-order valence-corrected chi connectivity index (χ3v) is 3.46. The van der Waals surface area contributed by atoms with E-state index in [0.29, 0.717) is 24.5 Å². The summed E-state index contributed by atoms with van der Waals surface area (Å²) in [6, 6.07) is -0.812. The molecule has 0 spiro atoms. The van der Waals surface area contributed by atoms with Gasteiger partial charge in [-0.3, -0.25) is 0 Å². The first kappa shape index (κ1) is 13.1. The van der Waals surface area contributed by atoms with Crippen LogP contribution in [0.4, 0.5) is 18.3 Å². The summed E-state index contributed by atoms with van der Waals surface area (Å²) in [6.07, 6.45) is -2.69. The molecule has 1 aliphatic heterocycles. The predicted octanol–water partition coefficient (Wildman–Crippen LogP) is 2.00. The van der Waals surface area contributed by atoms with Crippen LogP contribution in [-0.4, -0.2) is 33.0 Å². The fourth-order valence-electron chi connectivity index (χ4n) is 1.86. The van der Waals surface area contributed by atoms with Crippen molar-refractivity contribution >= 4 is 22.6 Å². The summed E-state index contributed by atoms with van der Waals surface area (Å²) >= 11 is 0.586. The highest BCUT2D eigenvalue weighted by Gasteiger charge is 2.38. The topological polar surface area (TPSA) is 66.3 Å². The molecule has 100 valence electrons. The number of rotatable bonds is 2. The predicted molar refractivity (Wildman–Crippen MR) is 57.5 cm³/mol. The zero-order valence-electron chi connectivity index (χ0n) is 9.15. The second kappa shape index (κ2) is 4.71. The van der Waals surface area contributed by atoms with Crippen LogP contribution in [-0.2, 0) is 11.0 Å². The van der Waals surface area contributed by atoms with Crippen LogP contribution >= 0.6 is 11.5 Å². The van der Waals surface area contributed by atoms with Crippen molar-refractivity contribution in [2.45, 2.75) is 31.5 Å². The molecule has 1 saturated heterocycles. The minimum atomic E-state index is -4.59. The van der Waals surface area contributed by atoms with E-state index in [9.17, 15) is 18.0 Å². The monoisotopic (exact) mass is 281 g/mol. The molecule has 0 aromatic carbocycles. The standard InChI is InChI=1S/C9H10F3N3O2S/c10-9(11,12)7-13-8(18-14-7)15-4-2-1-3-5(15)6(16)17/h5H,1-4H2,(H,16,17). The Labute approximate surface area is 104 Å². The number of hydrogen-bond donors (Lipinski definition) is 1. The molecule has 1 fully saturated rings. The highest BCUT2D eigenvalue weighted by molar-refractivity contribution is 7.09. The zero-order valence-corrected chi connectivity index (χ0v) is 9.96. The number of halogens is 3. The van der Waals surface area contributed by atoms with Gasteiger partial charge in [-0.1, -0.05) is 0 Å². The van der Waals surface area contributed by atoms with E-state index in [0.717, 1.165) is 12.8 Å². The summed E-state index contributed by atoms with van der Waals surface area (Å²) in [5.41, 5.74) is 0. The molecule has 0 bridgehead atoms. The molecule has 0 saturated carbocycles. The smallest absolute Gasteiger partial charge is 0.452 e. The van der Waals surface area contributed by atoms with E-state index in [1.807, 2.05) is 0 Å². The van der Waals surface area contributed by atoms with E-state index in [1.165, 1.54) is 4.90 Å². The summed E-state index contributed by atoms with van der Waals surface area (Å²) in [7, 11) is 0. The first-order valence-electron chi connectivity index (χ1n) is 5.30. The molecule has 18 heavy (non-hydrogen) atoms. The lowest BCUT2D eigenvalue weighted by molar-refractivity contribution is -0.144. The molecule has 0 radical (unpaired) electrons. The van der Waals surface area contributed by atoms with Gasteiger partial charge in [0.1, 0.15) is 6.04 Å². The van der Waals surface area contributed by atoms with Crippen LogP contribution < -0.4 is 4.90 Å². The van der Waals surface area contributed by atoms with Crippen LogP contribution in [0.5, 0.6) is 0 Å². The van der Waals surface area contributed by atoms with Gasteiger partial charge in [-0.25, -0.2) is 4.79 Å². The van der Waals surface area contributed by atoms with E-state index in [1.54, 1.807) is 0 Å². The molecule has 1 aromatic heterocycles. The Hall–Kier alpha value is -1.38. The molecular formula is C9H10F3N3O2S. The normalized spacial score (nSPS) is 21.1. The molecule has 1 aromatic rings. The van der Waals surface area contributed by atoms with Gasteiger partial charge in [0.05, 0.1) is 0 Å². The Bertz CT molecular complexity index is 449. The van der Waals surface area contributed by atoms with Crippen LogP contribution in [0.15, 0.2) is 0 Å². The van der Waals surface area contributed by atoms with Crippen molar-refractivity contribution in [2.24, 2.45) is 0 Å². The lowest BCUT2D eigenvalue weighted by Gasteiger charge is -2.32. The molecule has 0 aliphatic carbocycles. The number of aromatic nitrogens is 2. The Morgan fingerprint density at radius 1 is 1.44 bits per heavy atom. The van der Waals surface area contributed by atoms with Crippen molar-refractivity contribution in [3.05, 3.63) is 5.82 Å². The van der Waals surface area contributed by atoms with E-state index < -0.39 is 24.0 Å². The van der Waals surface area contributed by atoms with Crippen molar-refractivity contribution in [1.29, 1.82) is 0 Å². The number of alkyl halides is 3. The van der Waals surface area contributed by atoms with Crippen molar-refractivity contribution in [1.82, 2.24) is 9.36 Å². The number of hydrogen-bond acceptors (Lipinski definition) is 5. The van der Waals surface area contributed by atoms with E-state index in [-0.39, 0.29) is 5.13 Å². The summed E-state index contributed by atoms with van der Waals surface area (Å²) in [5, 5.41) is 9.05. The molecule has 2 rings (SSSR count). The SMILES string of the molecule is O=C(O)C1CCCCN1c1nc(C(F)(F)F)ns1. The summed E-state index contributed by atoms with van der Waals surface area (Å²) < 4.78 is 40.3. The van der Waals surface area contributed by atoms with Gasteiger partial charge in [0, 0.05) is 18.1 Å². The maximum Gasteiger partial charge on any atom is 0.452 e. The van der Waals surface area contributed by atoms with Gasteiger partial charge in [0.25, 0.3) is 0 Å². The Morgan fingerprint density at radius 2 is 2.17 bits per heavy atom. The second-order valence-electron chi connectivity index (χ2n) is 3.94. The zero-order chi connectivity index (χ0) is 13.3. The summed E-state index contributed by atoms with van der Waals surface area (Å²) in [4.78, 5) is 15.8. The summed E-state index contributed by atoms with van der Waals surface area (Å²) in [5.74, 6) is -2.25.